The van der Waals surface area contributed by atoms with Crippen LogP contribution in [0.15, 0.2) is 18.2 Å². The molecule has 1 aliphatic carbocycles. The normalized spacial score (nSPS) is 21.4. The molecule has 1 aromatic carbocycles. The van der Waals surface area contributed by atoms with Crippen molar-refractivity contribution in [3.05, 3.63) is 23.8 Å². The van der Waals surface area contributed by atoms with Crippen molar-refractivity contribution in [1.82, 2.24) is 0 Å². The number of nitrogens with one attached hydrogen (secondary N) is 1. The van der Waals surface area contributed by atoms with E-state index in [0.29, 0.717) is 5.92 Å². The second kappa shape index (κ2) is 4.38. The lowest BCUT2D eigenvalue weighted by Crippen LogP contribution is -2.22. The fourth-order valence-electron chi connectivity index (χ4n) is 1.83. The third-order valence-corrected chi connectivity index (χ3v) is 3.66. The fourth-order valence-corrected chi connectivity index (χ4v) is 2.32. The molecule has 0 radical (unpaired) electrons. The number of benzene rings is 1. The summed E-state index contributed by atoms with van der Waals surface area (Å²) in [7, 11) is 1.50. The minimum Gasteiger partial charge on any atom is -0.468 e. The number of ether oxygens (including phenoxy) is 1. The van der Waals surface area contributed by atoms with Gasteiger partial charge in [-0.15, -0.1) is 0 Å². The van der Waals surface area contributed by atoms with Gasteiger partial charge in [0.05, 0.1) is 5.69 Å². The van der Waals surface area contributed by atoms with E-state index in [-0.39, 0.29) is 6.23 Å². The molecule has 1 atom stereocenters. The quantitative estimate of drug-likeness (QED) is 0.622. The summed E-state index contributed by atoms with van der Waals surface area (Å²) in [5.41, 5.74) is 2.12. The van der Waals surface area contributed by atoms with Crippen LogP contribution in [-0.4, -0.2) is 6.23 Å². The predicted octanol–water partition coefficient (Wildman–Crippen LogP) is 3.62. The SMILES string of the molecule is ISC#Cc1ccc2c(c1)NC(C1CC1)O2. The summed E-state index contributed by atoms with van der Waals surface area (Å²) < 4.78 is 5.82. The fraction of sp³-hybridized carbons (Fsp3) is 0.333. The monoisotopic (exact) mass is 343 g/mol. The Kier molecular flexibility index (Phi) is 2.90. The van der Waals surface area contributed by atoms with Crippen LogP contribution in [0.1, 0.15) is 18.4 Å². The van der Waals surface area contributed by atoms with Crippen molar-refractivity contribution in [1.29, 1.82) is 0 Å². The van der Waals surface area contributed by atoms with Gasteiger partial charge in [-0.05, 0) is 45.2 Å². The standard InChI is InChI=1S/C12H10INOS/c13-16-6-5-8-1-4-11-10(7-8)14-12(15-11)9-2-3-9/h1,4,7,9,12,14H,2-3H2. The average molecular weight is 343 g/mol. The van der Waals surface area contributed by atoms with Gasteiger partial charge in [0, 0.05) is 32.7 Å². The lowest BCUT2D eigenvalue weighted by atomic mass is 10.2. The largest absolute Gasteiger partial charge is 0.468 e. The van der Waals surface area contributed by atoms with E-state index in [2.05, 4.69) is 43.8 Å². The van der Waals surface area contributed by atoms with Gasteiger partial charge < -0.3 is 10.1 Å². The molecule has 0 spiro atoms. The van der Waals surface area contributed by atoms with Crippen LogP contribution in [0.2, 0.25) is 0 Å². The van der Waals surface area contributed by atoms with Crippen LogP contribution in [0.5, 0.6) is 5.75 Å². The molecule has 1 heterocycles. The van der Waals surface area contributed by atoms with Crippen LogP contribution in [0.25, 0.3) is 0 Å². The molecule has 4 heteroatoms. The molecule has 1 fully saturated rings. The number of hydrogen-bond donors (Lipinski definition) is 1. The number of rotatable bonds is 1. The molecular formula is C12H10INOS. The summed E-state index contributed by atoms with van der Waals surface area (Å²) in [4.78, 5) is 0. The van der Waals surface area contributed by atoms with Crippen LogP contribution in [0.4, 0.5) is 5.69 Å². The van der Waals surface area contributed by atoms with Crippen molar-refractivity contribution in [3.63, 3.8) is 0 Å². The average Bonchev–Trinajstić information content (AvgIpc) is 3.06. The molecule has 16 heavy (non-hydrogen) atoms. The maximum Gasteiger partial charge on any atom is 0.173 e. The lowest BCUT2D eigenvalue weighted by molar-refractivity contribution is 0.228. The number of halogens is 1. The Morgan fingerprint density at radius 2 is 2.31 bits per heavy atom. The van der Waals surface area contributed by atoms with Crippen molar-refractivity contribution in [3.8, 4) is 16.9 Å². The van der Waals surface area contributed by atoms with E-state index in [1.165, 1.54) is 21.8 Å². The number of fused-ring (bicyclic) bond motifs is 1. The molecule has 1 unspecified atom stereocenters. The number of anilines is 1. The minimum absolute atomic E-state index is 0.192. The number of hydrogen-bond acceptors (Lipinski definition) is 3. The first-order valence-electron chi connectivity index (χ1n) is 5.22. The molecule has 1 N–H and O–H groups in total. The van der Waals surface area contributed by atoms with E-state index < -0.39 is 0 Å². The van der Waals surface area contributed by atoms with Gasteiger partial charge >= 0.3 is 0 Å². The van der Waals surface area contributed by atoms with E-state index in [4.69, 9.17) is 4.74 Å². The van der Waals surface area contributed by atoms with Gasteiger partial charge in [0.2, 0.25) is 0 Å². The first-order chi connectivity index (χ1) is 7.86. The maximum absolute atomic E-state index is 5.82. The zero-order valence-corrected chi connectivity index (χ0v) is 11.5. The smallest absolute Gasteiger partial charge is 0.173 e. The van der Waals surface area contributed by atoms with E-state index in [1.807, 2.05) is 12.1 Å². The highest BCUT2D eigenvalue weighted by Gasteiger charge is 2.36. The molecular weight excluding hydrogens is 333 g/mol. The molecule has 0 amide bonds. The summed E-state index contributed by atoms with van der Waals surface area (Å²) >= 11 is 2.17. The minimum atomic E-state index is 0.192. The van der Waals surface area contributed by atoms with Gasteiger partial charge in [-0.3, -0.25) is 0 Å². The summed E-state index contributed by atoms with van der Waals surface area (Å²) in [5, 5.41) is 6.40. The molecule has 1 aromatic rings. The van der Waals surface area contributed by atoms with Gasteiger partial charge in [-0.1, -0.05) is 5.92 Å². The molecule has 1 saturated carbocycles. The van der Waals surface area contributed by atoms with Crippen molar-refractivity contribution >= 4 is 35.8 Å². The van der Waals surface area contributed by atoms with Crippen LogP contribution in [0, 0.1) is 17.1 Å². The highest BCUT2D eigenvalue weighted by Crippen LogP contribution is 2.41. The van der Waals surface area contributed by atoms with Crippen molar-refractivity contribution < 1.29 is 4.74 Å². The molecule has 2 aliphatic rings. The van der Waals surface area contributed by atoms with E-state index >= 15 is 0 Å². The molecule has 0 saturated heterocycles. The Balaban J connectivity index is 1.82. The molecule has 3 rings (SSSR count). The molecule has 2 nitrogen and oxygen atoms in total. The molecule has 0 aromatic heterocycles. The second-order valence-electron chi connectivity index (χ2n) is 4.04. The Labute approximate surface area is 111 Å². The molecule has 82 valence electrons. The first-order valence-corrected chi connectivity index (χ1v) is 8.58. The summed E-state index contributed by atoms with van der Waals surface area (Å²) in [6.07, 6.45) is 2.75. The van der Waals surface area contributed by atoms with E-state index in [0.717, 1.165) is 17.0 Å². The van der Waals surface area contributed by atoms with Gasteiger partial charge in [0.25, 0.3) is 0 Å². The Bertz CT molecular complexity index is 476. The zero-order chi connectivity index (χ0) is 11.0. The summed E-state index contributed by atoms with van der Waals surface area (Å²) in [5.74, 6) is 4.76. The maximum atomic E-state index is 5.82. The van der Waals surface area contributed by atoms with Crippen LogP contribution in [-0.2, 0) is 0 Å². The lowest BCUT2D eigenvalue weighted by Gasteiger charge is -2.08. The van der Waals surface area contributed by atoms with Crippen molar-refractivity contribution in [2.45, 2.75) is 19.1 Å². The van der Waals surface area contributed by atoms with Gasteiger partial charge in [-0.25, -0.2) is 0 Å². The second-order valence-corrected chi connectivity index (χ2v) is 5.71. The van der Waals surface area contributed by atoms with Crippen LogP contribution in [0.3, 0.4) is 0 Å². The van der Waals surface area contributed by atoms with Crippen LogP contribution >= 0.6 is 30.1 Å². The van der Waals surface area contributed by atoms with Crippen molar-refractivity contribution in [2.24, 2.45) is 5.92 Å². The van der Waals surface area contributed by atoms with Gasteiger partial charge in [0.15, 0.2) is 6.23 Å². The highest BCUT2D eigenvalue weighted by molar-refractivity contribution is 14.2. The third-order valence-electron chi connectivity index (χ3n) is 2.82. The van der Waals surface area contributed by atoms with Gasteiger partial charge in [0.1, 0.15) is 5.75 Å². The van der Waals surface area contributed by atoms with E-state index in [1.54, 1.807) is 0 Å². The highest BCUT2D eigenvalue weighted by atomic mass is 127. The van der Waals surface area contributed by atoms with Crippen LogP contribution < -0.4 is 10.1 Å². The molecule has 0 bridgehead atoms. The Morgan fingerprint density at radius 1 is 1.44 bits per heavy atom. The topological polar surface area (TPSA) is 21.3 Å². The van der Waals surface area contributed by atoms with Gasteiger partial charge in [-0.2, -0.15) is 0 Å². The first kappa shape index (κ1) is 10.6. The van der Waals surface area contributed by atoms with Crippen molar-refractivity contribution in [2.75, 3.05) is 5.32 Å². The third kappa shape index (κ3) is 2.11. The Hall–Kier alpha value is -0.540. The van der Waals surface area contributed by atoms with E-state index in [9.17, 15) is 0 Å². The molecule has 1 aliphatic heterocycles. The zero-order valence-electron chi connectivity index (χ0n) is 8.50. The Morgan fingerprint density at radius 3 is 3.06 bits per heavy atom. The predicted molar refractivity (Wildman–Crippen MR) is 75.7 cm³/mol. The summed E-state index contributed by atoms with van der Waals surface area (Å²) in [6, 6.07) is 6.08. The summed E-state index contributed by atoms with van der Waals surface area (Å²) in [6.45, 7) is 0.